The number of rotatable bonds is 1. The highest BCUT2D eigenvalue weighted by molar-refractivity contribution is 4.91. The molecule has 0 aromatic carbocycles. The van der Waals surface area contributed by atoms with Crippen LogP contribution < -0.4 is 5.32 Å². The molecule has 1 fully saturated rings. The van der Waals surface area contributed by atoms with Gasteiger partial charge in [0.05, 0.1) is 24.9 Å². The lowest BCUT2D eigenvalue weighted by molar-refractivity contribution is -0.101. The van der Waals surface area contributed by atoms with Crippen LogP contribution in [0.5, 0.6) is 0 Å². The molecule has 0 aromatic heterocycles. The highest BCUT2D eigenvalue weighted by atomic mass is 16.4. The van der Waals surface area contributed by atoms with Crippen LogP contribution in [-0.2, 0) is 0 Å². The fraction of sp³-hybridized carbons (Fsp3) is 1.00. The fourth-order valence-electron chi connectivity index (χ4n) is 1.15. The van der Waals surface area contributed by atoms with E-state index in [1.807, 2.05) is 0 Å². The van der Waals surface area contributed by atoms with Gasteiger partial charge in [-0.1, -0.05) is 0 Å². The standard InChI is InChI=1S/C6H13NO4/c8-2-3-5(10)6(11)4(9)1-7-3/h3-11H,1-2H2/t3?,4?,5-,6+/m0/s1. The topological polar surface area (TPSA) is 93.0 Å². The summed E-state index contributed by atoms with van der Waals surface area (Å²) in [6.45, 7) is -0.0472. The van der Waals surface area contributed by atoms with E-state index >= 15 is 0 Å². The van der Waals surface area contributed by atoms with Crippen molar-refractivity contribution in [2.24, 2.45) is 0 Å². The number of aliphatic hydroxyl groups excluding tert-OH is 4. The van der Waals surface area contributed by atoms with Crippen molar-refractivity contribution in [1.29, 1.82) is 0 Å². The molecule has 0 radical (unpaired) electrons. The first-order valence-corrected chi connectivity index (χ1v) is 3.55. The van der Waals surface area contributed by atoms with Crippen molar-refractivity contribution in [2.45, 2.75) is 24.4 Å². The Morgan fingerprint density at radius 2 is 1.82 bits per heavy atom. The number of hydrogen-bond donors (Lipinski definition) is 5. The summed E-state index contributed by atoms with van der Waals surface area (Å²) >= 11 is 0. The lowest BCUT2D eigenvalue weighted by atomic mass is 9.97. The molecule has 5 N–H and O–H groups in total. The molecule has 0 bridgehead atoms. The summed E-state index contributed by atoms with van der Waals surface area (Å²) in [6.07, 6.45) is -3.20. The molecule has 11 heavy (non-hydrogen) atoms. The van der Waals surface area contributed by atoms with E-state index in [2.05, 4.69) is 5.32 Å². The Hall–Kier alpha value is -0.200. The van der Waals surface area contributed by atoms with Gasteiger partial charge >= 0.3 is 0 Å². The molecule has 5 heteroatoms. The summed E-state index contributed by atoms with van der Waals surface area (Å²) in [4.78, 5) is 0. The highest BCUT2D eigenvalue weighted by Crippen LogP contribution is 2.09. The molecule has 0 saturated carbocycles. The van der Waals surface area contributed by atoms with E-state index in [4.69, 9.17) is 15.3 Å². The van der Waals surface area contributed by atoms with Crippen molar-refractivity contribution in [1.82, 2.24) is 5.32 Å². The summed E-state index contributed by atoms with van der Waals surface area (Å²) < 4.78 is 0. The zero-order valence-electron chi connectivity index (χ0n) is 6.01. The van der Waals surface area contributed by atoms with Crippen molar-refractivity contribution < 1.29 is 20.4 Å². The Labute approximate surface area is 64.3 Å². The van der Waals surface area contributed by atoms with Crippen LogP contribution in [0, 0.1) is 0 Å². The molecule has 1 saturated heterocycles. The SMILES string of the molecule is OCC1NCC(O)[C@@H](O)[C@H]1O. The van der Waals surface area contributed by atoms with Crippen molar-refractivity contribution in [3.05, 3.63) is 0 Å². The number of aliphatic hydroxyl groups is 4. The minimum Gasteiger partial charge on any atom is -0.395 e. The molecule has 0 aromatic rings. The average Bonchev–Trinajstić information content (AvgIpc) is 2.01. The largest absolute Gasteiger partial charge is 0.395 e. The van der Waals surface area contributed by atoms with Crippen molar-refractivity contribution in [2.75, 3.05) is 13.2 Å². The third-order valence-corrected chi connectivity index (χ3v) is 1.94. The predicted molar refractivity (Wildman–Crippen MR) is 36.9 cm³/mol. The Balaban J connectivity index is 2.52. The fourth-order valence-corrected chi connectivity index (χ4v) is 1.15. The highest BCUT2D eigenvalue weighted by Gasteiger charge is 2.35. The van der Waals surface area contributed by atoms with E-state index in [1.165, 1.54) is 0 Å². The van der Waals surface area contributed by atoms with Crippen LogP contribution in [0.4, 0.5) is 0 Å². The Morgan fingerprint density at radius 1 is 1.18 bits per heavy atom. The van der Waals surface area contributed by atoms with E-state index in [0.717, 1.165) is 0 Å². The smallest absolute Gasteiger partial charge is 0.109 e. The lowest BCUT2D eigenvalue weighted by Gasteiger charge is -2.34. The molecule has 66 valence electrons. The summed E-state index contributed by atoms with van der Waals surface area (Å²) in [6, 6.07) is -0.534. The first-order valence-electron chi connectivity index (χ1n) is 3.55. The quantitative estimate of drug-likeness (QED) is 0.285. The average molecular weight is 163 g/mol. The predicted octanol–water partition coefficient (Wildman–Crippen LogP) is -2.97. The minimum absolute atomic E-state index is 0.198. The molecule has 1 heterocycles. The van der Waals surface area contributed by atoms with Crippen LogP contribution in [0.25, 0.3) is 0 Å². The maximum absolute atomic E-state index is 9.18. The molecule has 1 aliphatic rings. The van der Waals surface area contributed by atoms with Crippen LogP contribution >= 0.6 is 0 Å². The molecule has 2 unspecified atom stereocenters. The molecule has 0 amide bonds. The zero-order chi connectivity index (χ0) is 8.43. The van der Waals surface area contributed by atoms with Gasteiger partial charge < -0.3 is 25.7 Å². The van der Waals surface area contributed by atoms with Crippen LogP contribution in [0.3, 0.4) is 0 Å². The third-order valence-electron chi connectivity index (χ3n) is 1.94. The second-order valence-corrected chi connectivity index (χ2v) is 2.75. The maximum atomic E-state index is 9.18. The first-order chi connectivity index (χ1) is 5.16. The molecular formula is C6H13NO4. The monoisotopic (exact) mass is 163 g/mol. The van der Waals surface area contributed by atoms with Crippen LogP contribution in [-0.4, -0.2) is 57.9 Å². The molecule has 5 nitrogen and oxygen atoms in total. The molecule has 4 atom stereocenters. The van der Waals surface area contributed by atoms with Crippen molar-refractivity contribution in [3.8, 4) is 0 Å². The van der Waals surface area contributed by atoms with Gasteiger partial charge in [-0.15, -0.1) is 0 Å². The van der Waals surface area contributed by atoms with E-state index in [9.17, 15) is 5.11 Å². The third kappa shape index (κ3) is 1.69. The summed E-state index contributed by atoms with van der Waals surface area (Å²) in [7, 11) is 0. The van der Waals surface area contributed by atoms with Crippen LogP contribution in [0.15, 0.2) is 0 Å². The number of piperidine rings is 1. The van der Waals surface area contributed by atoms with Gasteiger partial charge in [-0.3, -0.25) is 0 Å². The second-order valence-electron chi connectivity index (χ2n) is 2.75. The van der Waals surface area contributed by atoms with E-state index < -0.39 is 24.4 Å². The lowest BCUT2D eigenvalue weighted by Crippen LogP contribution is -2.60. The van der Waals surface area contributed by atoms with Gasteiger partial charge in [-0.25, -0.2) is 0 Å². The molecule has 0 aliphatic carbocycles. The minimum atomic E-state index is -1.16. The summed E-state index contributed by atoms with van der Waals surface area (Å²) in [5.41, 5.74) is 0. The van der Waals surface area contributed by atoms with Gasteiger partial charge in [-0.2, -0.15) is 0 Å². The van der Waals surface area contributed by atoms with Crippen molar-refractivity contribution >= 4 is 0 Å². The van der Waals surface area contributed by atoms with Gasteiger partial charge in [0.15, 0.2) is 0 Å². The molecule has 1 aliphatic heterocycles. The number of β-amino-alcohol motifs (C(OH)–C–C–N with tert-alkyl or cyclic N) is 1. The van der Waals surface area contributed by atoms with E-state index in [1.54, 1.807) is 0 Å². The maximum Gasteiger partial charge on any atom is 0.109 e. The number of nitrogens with one attached hydrogen (secondary N) is 1. The number of hydrogen-bond acceptors (Lipinski definition) is 5. The van der Waals surface area contributed by atoms with Crippen LogP contribution in [0.2, 0.25) is 0 Å². The van der Waals surface area contributed by atoms with Gasteiger partial charge in [0.2, 0.25) is 0 Å². The van der Waals surface area contributed by atoms with E-state index in [-0.39, 0.29) is 13.2 Å². The Morgan fingerprint density at radius 3 is 2.36 bits per heavy atom. The molecular weight excluding hydrogens is 150 g/mol. The van der Waals surface area contributed by atoms with Gasteiger partial charge in [0, 0.05) is 6.54 Å². The first kappa shape index (κ1) is 8.89. The van der Waals surface area contributed by atoms with Gasteiger partial charge in [0.25, 0.3) is 0 Å². The van der Waals surface area contributed by atoms with E-state index in [0.29, 0.717) is 0 Å². The van der Waals surface area contributed by atoms with Gasteiger partial charge in [-0.05, 0) is 0 Å². The molecule has 0 spiro atoms. The van der Waals surface area contributed by atoms with Gasteiger partial charge in [0.1, 0.15) is 6.10 Å². The second kappa shape index (κ2) is 3.46. The summed E-state index contributed by atoms with van der Waals surface area (Å²) in [5, 5.41) is 38.6. The Bertz CT molecular complexity index is 130. The van der Waals surface area contributed by atoms with Crippen molar-refractivity contribution in [3.63, 3.8) is 0 Å². The Kier molecular flexibility index (Phi) is 2.80. The normalized spacial score (nSPS) is 45.8. The molecule has 1 rings (SSSR count). The zero-order valence-corrected chi connectivity index (χ0v) is 6.01. The van der Waals surface area contributed by atoms with Crippen LogP contribution in [0.1, 0.15) is 0 Å². The summed E-state index contributed by atoms with van der Waals surface area (Å²) in [5.74, 6) is 0.